The maximum atomic E-state index is 13.1. The van der Waals surface area contributed by atoms with Gasteiger partial charge in [0.25, 0.3) is 5.56 Å². The average molecular weight is 556 g/mol. The van der Waals surface area contributed by atoms with E-state index in [4.69, 9.17) is 15.2 Å². The first kappa shape index (κ1) is 27.3. The zero-order valence-electron chi connectivity index (χ0n) is 21.9. The fourth-order valence-electron chi connectivity index (χ4n) is 4.40. The molecule has 40 heavy (non-hydrogen) atoms. The molecule has 1 fully saturated rings. The first-order valence-electron chi connectivity index (χ1n) is 12.6. The van der Waals surface area contributed by atoms with Crippen molar-refractivity contribution in [3.05, 3.63) is 64.4 Å². The number of nitrogen functional groups attached to an aromatic ring is 1. The van der Waals surface area contributed by atoms with E-state index in [1.54, 1.807) is 18.2 Å². The van der Waals surface area contributed by atoms with E-state index in [-0.39, 0.29) is 28.9 Å². The minimum absolute atomic E-state index is 0.121. The van der Waals surface area contributed by atoms with Gasteiger partial charge in [-0.15, -0.1) is 0 Å². The summed E-state index contributed by atoms with van der Waals surface area (Å²) in [6, 6.07) is 11.2. The van der Waals surface area contributed by atoms with Crippen molar-refractivity contribution in [3.63, 3.8) is 0 Å². The second kappa shape index (κ2) is 10.7. The van der Waals surface area contributed by atoms with Gasteiger partial charge in [-0.1, -0.05) is 18.2 Å². The third kappa shape index (κ3) is 6.00. The molecule has 3 heterocycles. The van der Waals surface area contributed by atoms with Crippen LogP contribution in [0.15, 0.2) is 53.3 Å². The number of nitrogens with two attached hydrogens (primary N) is 1. The molecular formula is C27H28F3N7O3. The smallest absolute Gasteiger partial charge is 0.416 e. The van der Waals surface area contributed by atoms with Gasteiger partial charge in [-0.25, -0.2) is 9.97 Å². The molecule has 13 heteroatoms. The summed E-state index contributed by atoms with van der Waals surface area (Å²) in [7, 11) is 0. The molecule has 0 atom stereocenters. The number of hydrogen-bond acceptors (Lipinski definition) is 9. The Labute approximate surface area is 227 Å². The first-order valence-corrected chi connectivity index (χ1v) is 12.6. The number of ether oxygens (including phenoxy) is 2. The second-order valence-corrected chi connectivity index (χ2v) is 9.96. The molecule has 0 unspecified atom stereocenters. The Bertz CT molecular complexity index is 1570. The molecule has 1 saturated heterocycles. The molecule has 5 rings (SSSR count). The van der Waals surface area contributed by atoms with Crippen LogP contribution in [0.4, 0.5) is 24.9 Å². The molecule has 1 aliphatic rings. The normalized spacial score (nSPS) is 14.8. The van der Waals surface area contributed by atoms with Crippen LogP contribution < -0.4 is 21.3 Å². The lowest BCUT2D eigenvalue weighted by Gasteiger charge is -2.40. The number of alkyl halides is 3. The number of rotatable bonds is 7. The van der Waals surface area contributed by atoms with E-state index in [0.717, 1.165) is 25.2 Å². The van der Waals surface area contributed by atoms with Gasteiger partial charge in [0.1, 0.15) is 5.52 Å². The lowest BCUT2D eigenvalue weighted by molar-refractivity contribution is -0.137. The Balaban J connectivity index is 1.50. The van der Waals surface area contributed by atoms with Gasteiger partial charge < -0.3 is 25.5 Å². The molecular weight excluding hydrogens is 527 g/mol. The number of para-hydroxylation sites is 1. The number of H-pyrrole nitrogens is 1. The number of morpholine rings is 1. The number of benzene rings is 2. The van der Waals surface area contributed by atoms with Crippen LogP contribution in [-0.4, -0.2) is 63.2 Å². The Hall–Kier alpha value is -4.23. The molecule has 0 aliphatic carbocycles. The third-order valence-corrected chi connectivity index (χ3v) is 6.68. The van der Waals surface area contributed by atoms with Gasteiger partial charge in [0.05, 0.1) is 30.0 Å². The largest absolute Gasteiger partial charge is 0.436 e. The lowest BCUT2D eigenvalue weighted by atomic mass is 10.0. The standard InChI is InChI=1S/C27H28F3N7O3/c1-26(2,37-10-12-39-13-11-37)15-32-25-34-19(16-6-8-17(9-7-16)27(28,29)30)14-21(35-25)40-20-5-3-4-18-22(20)36-23(31)24(38)33-18/h3-9,14H,10-13,15H2,1-2H3,(H2,31,36)(H,33,38)(H,32,34,35). The van der Waals surface area contributed by atoms with Crippen LogP contribution in [0.1, 0.15) is 19.4 Å². The first-order chi connectivity index (χ1) is 19.0. The van der Waals surface area contributed by atoms with Crippen LogP contribution in [0.5, 0.6) is 11.6 Å². The van der Waals surface area contributed by atoms with Crippen molar-refractivity contribution in [2.45, 2.75) is 25.6 Å². The van der Waals surface area contributed by atoms with E-state index < -0.39 is 17.3 Å². The highest BCUT2D eigenvalue weighted by Gasteiger charge is 2.30. The molecule has 0 bridgehead atoms. The van der Waals surface area contributed by atoms with Crippen molar-refractivity contribution < 1.29 is 22.6 Å². The zero-order valence-corrected chi connectivity index (χ0v) is 21.9. The summed E-state index contributed by atoms with van der Waals surface area (Å²) < 4.78 is 50.9. The van der Waals surface area contributed by atoms with E-state index in [0.29, 0.717) is 42.0 Å². The van der Waals surface area contributed by atoms with Crippen molar-refractivity contribution in [2.75, 3.05) is 43.9 Å². The summed E-state index contributed by atoms with van der Waals surface area (Å²) in [6.45, 7) is 7.54. The SMILES string of the molecule is CC(C)(CNc1nc(Oc2cccc3[nH]c(=O)c(N)nc23)cc(-c2ccc(C(F)(F)F)cc2)n1)N1CCOCC1. The molecule has 210 valence electrons. The minimum atomic E-state index is -4.46. The number of nitrogens with one attached hydrogen (secondary N) is 2. The molecule has 4 aromatic rings. The zero-order chi connectivity index (χ0) is 28.5. The van der Waals surface area contributed by atoms with Crippen LogP contribution in [0.3, 0.4) is 0 Å². The minimum Gasteiger partial charge on any atom is -0.436 e. The quantitative estimate of drug-likeness (QED) is 0.306. The van der Waals surface area contributed by atoms with E-state index in [2.05, 4.69) is 44.0 Å². The Kier molecular flexibility index (Phi) is 7.34. The molecule has 2 aromatic carbocycles. The van der Waals surface area contributed by atoms with Gasteiger partial charge in [0.15, 0.2) is 11.6 Å². The maximum absolute atomic E-state index is 13.1. The monoisotopic (exact) mass is 555 g/mol. The van der Waals surface area contributed by atoms with E-state index in [1.807, 2.05) is 0 Å². The number of aromatic amines is 1. The van der Waals surface area contributed by atoms with Crippen molar-refractivity contribution >= 4 is 22.8 Å². The summed E-state index contributed by atoms with van der Waals surface area (Å²) >= 11 is 0. The summed E-state index contributed by atoms with van der Waals surface area (Å²) in [5.41, 5.74) is 5.70. The van der Waals surface area contributed by atoms with Gasteiger partial charge >= 0.3 is 6.18 Å². The maximum Gasteiger partial charge on any atom is 0.416 e. The molecule has 0 radical (unpaired) electrons. The van der Waals surface area contributed by atoms with Crippen LogP contribution >= 0.6 is 0 Å². The number of hydrogen-bond donors (Lipinski definition) is 3. The summed E-state index contributed by atoms with van der Waals surface area (Å²) in [5, 5.41) is 3.26. The number of halogens is 3. The molecule has 10 nitrogen and oxygen atoms in total. The van der Waals surface area contributed by atoms with Gasteiger partial charge in [-0.05, 0) is 38.1 Å². The van der Waals surface area contributed by atoms with Crippen LogP contribution in [0.2, 0.25) is 0 Å². The molecule has 0 spiro atoms. The number of anilines is 2. The van der Waals surface area contributed by atoms with Gasteiger partial charge in [0, 0.05) is 36.8 Å². The summed E-state index contributed by atoms with van der Waals surface area (Å²) in [4.78, 5) is 30.1. The highest BCUT2D eigenvalue weighted by molar-refractivity contribution is 5.82. The van der Waals surface area contributed by atoms with Crippen molar-refractivity contribution in [1.29, 1.82) is 0 Å². The lowest BCUT2D eigenvalue weighted by Crippen LogP contribution is -2.53. The molecule has 0 saturated carbocycles. The number of nitrogens with zero attached hydrogens (tertiary/aromatic N) is 4. The van der Waals surface area contributed by atoms with Crippen LogP contribution in [-0.2, 0) is 10.9 Å². The Morgan fingerprint density at radius 1 is 1.07 bits per heavy atom. The van der Waals surface area contributed by atoms with Crippen molar-refractivity contribution in [2.24, 2.45) is 0 Å². The van der Waals surface area contributed by atoms with E-state index in [1.165, 1.54) is 18.2 Å². The van der Waals surface area contributed by atoms with Gasteiger partial charge in [0.2, 0.25) is 11.8 Å². The molecule has 1 aliphatic heterocycles. The summed E-state index contributed by atoms with van der Waals surface area (Å²) in [5.74, 6) is 0.409. The molecule has 0 amide bonds. The fourth-order valence-corrected chi connectivity index (χ4v) is 4.40. The number of fused-ring (bicyclic) bond motifs is 1. The summed E-state index contributed by atoms with van der Waals surface area (Å²) in [6.07, 6.45) is -4.46. The molecule has 2 aromatic heterocycles. The predicted molar refractivity (Wildman–Crippen MR) is 144 cm³/mol. The Morgan fingerprint density at radius 2 is 1.80 bits per heavy atom. The Morgan fingerprint density at radius 3 is 2.50 bits per heavy atom. The van der Waals surface area contributed by atoms with Crippen LogP contribution in [0, 0.1) is 0 Å². The third-order valence-electron chi connectivity index (χ3n) is 6.68. The van der Waals surface area contributed by atoms with Gasteiger partial charge in [-0.2, -0.15) is 18.2 Å². The predicted octanol–water partition coefficient (Wildman–Crippen LogP) is 4.30. The van der Waals surface area contributed by atoms with E-state index in [9.17, 15) is 18.0 Å². The van der Waals surface area contributed by atoms with Crippen LogP contribution in [0.25, 0.3) is 22.3 Å². The highest BCUT2D eigenvalue weighted by Crippen LogP contribution is 2.33. The average Bonchev–Trinajstić information content (AvgIpc) is 2.93. The van der Waals surface area contributed by atoms with Crippen molar-refractivity contribution in [3.8, 4) is 22.9 Å². The fraction of sp³-hybridized carbons (Fsp3) is 0.333. The second-order valence-electron chi connectivity index (χ2n) is 9.96. The number of aromatic nitrogens is 4. The topological polar surface area (TPSA) is 131 Å². The van der Waals surface area contributed by atoms with Crippen molar-refractivity contribution in [1.82, 2.24) is 24.8 Å². The highest BCUT2D eigenvalue weighted by atomic mass is 19.4. The molecule has 4 N–H and O–H groups in total. The van der Waals surface area contributed by atoms with E-state index >= 15 is 0 Å². The van der Waals surface area contributed by atoms with Gasteiger partial charge in [-0.3, -0.25) is 9.69 Å².